The van der Waals surface area contributed by atoms with Crippen molar-refractivity contribution in [3.8, 4) is 0 Å². The largest absolute Gasteiger partial charge is 0.391 e. The lowest BCUT2D eigenvalue weighted by atomic mass is 9.75. The molecule has 0 bridgehead atoms. The first-order valence-corrected chi connectivity index (χ1v) is 9.26. The van der Waals surface area contributed by atoms with Gasteiger partial charge in [0.25, 0.3) is 0 Å². The van der Waals surface area contributed by atoms with Gasteiger partial charge < -0.3 is 11.1 Å². The van der Waals surface area contributed by atoms with Gasteiger partial charge in [-0.15, -0.1) is 11.8 Å². The molecule has 1 aliphatic heterocycles. The molecule has 0 aromatic carbocycles. The molecule has 1 aliphatic carbocycles. The van der Waals surface area contributed by atoms with E-state index in [0.29, 0.717) is 4.99 Å². The van der Waals surface area contributed by atoms with Crippen LogP contribution in [0.5, 0.6) is 0 Å². The summed E-state index contributed by atoms with van der Waals surface area (Å²) in [4.78, 5) is 13.0. The van der Waals surface area contributed by atoms with E-state index < -0.39 is 5.54 Å². The van der Waals surface area contributed by atoms with E-state index in [1.54, 1.807) is 11.8 Å². The molecule has 3 N–H and O–H groups in total. The third kappa shape index (κ3) is 3.67. The number of thioether (sulfide) groups is 1. The van der Waals surface area contributed by atoms with Crippen LogP contribution in [0.4, 0.5) is 0 Å². The summed E-state index contributed by atoms with van der Waals surface area (Å²) < 4.78 is 0. The molecule has 114 valence electrons. The van der Waals surface area contributed by atoms with E-state index in [1.807, 2.05) is 0 Å². The second kappa shape index (κ2) is 7.12. The summed E-state index contributed by atoms with van der Waals surface area (Å²) in [5, 5.41) is 3.32. The van der Waals surface area contributed by atoms with Gasteiger partial charge >= 0.3 is 0 Å². The van der Waals surface area contributed by atoms with Crippen molar-refractivity contribution >= 4 is 34.9 Å². The molecule has 0 aromatic rings. The minimum absolute atomic E-state index is 0.0962. The Bertz CT molecular complexity index is 359. The van der Waals surface area contributed by atoms with Gasteiger partial charge in [-0.05, 0) is 50.2 Å². The molecule has 1 unspecified atom stereocenters. The van der Waals surface area contributed by atoms with Gasteiger partial charge in [-0.3, -0.25) is 4.79 Å². The first-order valence-electron chi connectivity index (χ1n) is 7.81. The minimum Gasteiger partial charge on any atom is -0.391 e. The van der Waals surface area contributed by atoms with Crippen LogP contribution in [0.3, 0.4) is 0 Å². The predicted octanol–water partition coefficient (Wildman–Crippen LogP) is 3.01. The van der Waals surface area contributed by atoms with E-state index in [0.717, 1.165) is 50.2 Å². The first kappa shape index (κ1) is 16.1. The standard InChI is InChI=1S/C15H26N2OS2/c1-2-11-6-8-15(9-7-11,14(16)19)17-13(18)12-5-3-4-10-20-12/h11-12H,2-10H2,1H3,(H2,16,19)(H,17,18). The number of carbonyl (C=O) groups excluding carboxylic acids is 1. The molecule has 0 aromatic heterocycles. The highest BCUT2D eigenvalue weighted by Gasteiger charge is 2.40. The van der Waals surface area contributed by atoms with Crippen molar-refractivity contribution in [1.29, 1.82) is 0 Å². The fraction of sp³-hybridized carbons (Fsp3) is 0.867. The van der Waals surface area contributed by atoms with Gasteiger partial charge in [-0.25, -0.2) is 0 Å². The zero-order valence-corrected chi connectivity index (χ0v) is 14.0. The number of amides is 1. The molecule has 1 amide bonds. The van der Waals surface area contributed by atoms with Crippen molar-refractivity contribution in [3.63, 3.8) is 0 Å². The Morgan fingerprint density at radius 3 is 2.55 bits per heavy atom. The molecule has 0 radical (unpaired) electrons. The Morgan fingerprint density at radius 2 is 2.05 bits per heavy atom. The summed E-state index contributed by atoms with van der Waals surface area (Å²) in [5.74, 6) is 2.01. The average molecular weight is 315 g/mol. The summed E-state index contributed by atoms with van der Waals surface area (Å²) in [7, 11) is 0. The second-order valence-electron chi connectivity index (χ2n) is 6.14. The van der Waals surface area contributed by atoms with Gasteiger partial charge in [0.15, 0.2) is 0 Å². The van der Waals surface area contributed by atoms with Crippen molar-refractivity contribution < 1.29 is 4.79 Å². The molecule has 0 spiro atoms. The quantitative estimate of drug-likeness (QED) is 0.783. The maximum Gasteiger partial charge on any atom is 0.233 e. The molecule has 1 atom stereocenters. The number of nitrogens with one attached hydrogen (secondary N) is 1. The highest BCUT2D eigenvalue weighted by atomic mass is 32.2. The lowest BCUT2D eigenvalue weighted by molar-refractivity contribution is -0.122. The molecular weight excluding hydrogens is 288 g/mol. The van der Waals surface area contributed by atoms with Crippen LogP contribution < -0.4 is 11.1 Å². The topological polar surface area (TPSA) is 55.1 Å². The zero-order chi connectivity index (χ0) is 14.6. The monoisotopic (exact) mass is 314 g/mol. The fourth-order valence-corrected chi connectivity index (χ4v) is 4.73. The van der Waals surface area contributed by atoms with Gasteiger partial charge in [0, 0.05) is 0 Å². The van der Waals surface area contributed by atoms with E-state index in [9.17, 15) is 4.79 Å². The van der Waals surface area contributed by atoms with Gasteiger partial charge in [0.1, 0.15) is 0 Å². The first-order chi connectivity index (χ1) is 9.57. The highest BCUT2D eigenvalue weighted by molar-refractivity contribution is 8.00. The molecular formula is C15H26N2OS2. The van der Waals surface area contributed by atoms with Gasteiger partial charge in [0.2, 0.25) is 5.91 Å². The Hall–Kier alpha value is -0.290. The second-order valence-corrected chi connectivity index (χ2v) is 7.89. The summed E-state index contributed by atoms with van der Waals surface area (Å²) in [5.41, 5.74) is 5.56. The molecule has 2 aliphatic rings. The molecule has 3 nitrogen and oxygen atoms in total. The molecule has 2 fully saturated rings. The van der Waals surface area contributed by atoms with Gasteiger partial charge in [-0.2, -0.15) is 0 Å². The van der Waals surface area contributed by atoms with Crippen LogP contribution in [0.15, 0.2) is 0 Å². The van der Waals surface area contributed by atoms with Crippen LogP contribution >= 0.6 is 24.0 Å². The van der Waals surface area contributed by atoms with E-state index >= 15 is 0 Å². The lowest BCUT2D eigenvalue weighted by Crippen LogP contribution is -2.60. The van der Waals surface area contributed by atoms with Crippen molar-refractivity contribution in [3.05, 3.63) is 0 Å². The molecule has 2 rings (SSSR count). The average Bonchev–Trinajstić information content (AvgIpc) is 2.48. The summed E-state index contributed by atoms with van der Waals surface area (Å²) in [6.45, 7) is 2.23. The lowest BCUT2D eigenvalue weighted by Gasteiger charge is -2.41. The van der Waals surface area contributed by atoms with Crippen LogP contribution in [-0.4, -0.2) is 27.4 Å². The smallest absolute Gasteiger partial charge is 0.233 e. The predicted molar refractivity (Wildman–Crippen MR) is 90.0 cm³/mol. The van der Waals surface area contributed by atoms with E-state index in [1.165, 1.54) is 12.8 Å². The fourth-order valence-electron chi connectivity index (χ4n) is 3.28. The minimum atomic E-state index is -0.421. The molecule has 5 heteroatoms. The number of hydrogen-bond acceptors (Lipinski definition) is 3. The van der Waals surface area contributed by atoms with Crippen LogP contribution in [0.2, 0.25) is 0 Å². The molecule has 20 heavy (non-hydrogen) atoms. The Balaban J connectivity index is 1.98. The summed E-state index contributed by atoms with van der Waals surface area (Å²) in [6.07, 6.45) is 8.63. The van der Waals surface area contributed by atoms with Crippen molar-refractivity contribution in [1.82, 2.24) is 5.32 Å². The molecule has 1 heterocycles. The van der Waals surface area contributed by atoms with Crippen molar-refractivity contribution in [2.45, 2.75) is 69.1 Å². The number of carbonyl (C=O) groups is 1. The van der Waals surface area contributed by atoms with Crippen LogP contribution in [-0.2, 0) is 4.79 Å². The zero-order valence-electron chi connectivity index (χ0n) is 12.3. The van der Waals surface area contributed by atoms with Gasteiger partial charge in [-0.1, -0.05) is 32.0 Å². The summed E-state index contributed by atoms with van der Waals surface area (Å²) >= 11 is 7.06. The Morgan fingerprint density at radius 1 is 1.35 bits per heavy atom. The Kier molecular flexibility index (Phi) is 5.73. The van der Waals surface area contributed by atoms with E-state index in [-0.39, 0.29) is 11.2 Å². The number of rotatable bonds is 4. The Labute approximate surface area is 131 Å². The van der Waals surface area contributed by atoms with Crippen LogP contribution in [0.25, 0.3) is 0 Å². The van der Waals surface area contributed by atoms with E-state index in [2.05, 4.69) is 12.2 Å². The number of nitrogens with two attached hydrogens (primary N) is 1. The van der Waals surface area contributed by atoms with Crippen LogP contribution in [0, 0.1) is 5.92 Å². The molecule has 1 saturated carbocycles. The maximum absolute atomic E-state index is 12.5. The van der Waals surface area contributed by atoms with Gasteiger partial charge in [0.05, 0.1) is 15.8 Å². The molecule has 1 saturated heterocycles. The van der Waals surface area contributed by atoms with Crippen molar-refractivity contribution in [2.75, 3.05) is 5.75 Å². The third-order valence-electron chi connectivity index (χ3n) is 4.84. The third-order valence-corrected chi connectivity index (χ3v) is 6.61. The maximum atomic E-state index is 12.5. The number of hydrogen-bond donors (Lipinski definition) is 2. The number of thiocarbonyl (C=S) groups is 1. The summed E-state index contributed by atoms with van der Waals surface area (Å²) in [6, 6.07) is 0. The van der Waals surface area contributed by atoms with Crippen LogP contribution in [0.1, 0.15) is 58.3 Å². The SMILES string of the molecule is CCC1CCC(NC(=O)C2CCCCS2)(C(N)=S)CC1. The van der Waals surface area contributed by atoms with Crippen molar-refractivity contribution in [2.24, 2.45) is 11.7 Å². The highest BCUT2D eigenvalue weighted by Crippen LogP contribution is 2.35. The normalized spacial score (nSPS) is 34.5. The van der Waals surface area contributed by atoms with E-state index in [4.69, 9.17) is 18.0 Å².